The van der Waals surface area contributed by atoms with Gasteiger partial charge in [-0.15, -0.1) is 0 Å². The summed E-state index contributed by atoms with van der Waals surface area (Å²) in [5.74, 6) is -0.0277. The summed E-state index contributed by atoms with van der Waals surface area (Å²) in [6, 6.07) is 6.97. The molecule has 1 saturated heterocycles. The minimum atomic E-state index is -0.0277. The van der Waals surface area contributed by atoms with E-state index in [0.29, 0.717) is 17.1 Å². The van der Waals surface area contributed by atoms with E-state index in [1.165, 1.54) is 0 Å². The van der Waals surface area contributed by atoms with E-state index in [2.05, 4.69) is 22.2 Å². The van der Waals surface area contributed by atoms with Crippen LogP contribution in [0.1, 0.15) is 16.8 Å². The predicted molar refractivity (Wildman–Crippen MR) is 82.3 cm³/mol. The van der Waals surface area contributed by atoms with Crippen LogP contribution in [0.4, 0.5) is 0 Å². The van der Waals surface area contributed by atoms with Gasteiger partial charge in [0.1, 0.15) is 0 Å². The Morgan fingerprint density at radius 3 is 2.50 bits per heavy atom. The maximum absolute atomic E-state index is 11.9. The lowest BCUT2D eigenvalue weighted by atomic mass is 10.2. The maximum Gasteiger partial charge on any atom is 0.251 e. The molecule has 1 heterocycles. The Morgan fingerprint density at radius 1 is 1.20 bits per heavy atom. The van der Waals surface area contributed by atoms with E-state index >= 15 is 0 Å². The van der Waals surface area contributed by atoms with E-state index in [1.807, 2.05) is 0 Å². The number of likely N-dealkylation sites (N-methyl/N-ethyl adjacent to an activating group) is 1. The van der Waals surface area contributed by atoms with Crippen molar-refractivity contribution in [2.75, 3.05) is 46.3 Å². The van der Waals surface area contributed by atoms with Crippen molar-refractivity contribution >= 4 is 17.5 Å². The van der Waals surface area contributed by atoms with Crippen molar-refractivity contribution in [2.45, 2.75) is 6.42 Å². The van der Waals surface area contributed by atoms with E-state index in [-0.39, 0.29) is 5.91 Å². The molecule has 0 bridgehead atoms. The van der Waals surface area contributed by atoms with Gasteiger partial charge in [-0.2, -0.15) is 0 Å². The zero-order valence-corrected chi connectivity index (χ0v) is 12.7. The molecule has 1 N–H and O–H groups in total. The van der Waals surface area contributed by atoms with E-state index < -0.39 is 0 Å². The first-order valence-corrected chi connectivity index (χ1v) is 7.47. The number of hydrogen-bond donors (Lipinski definition) is 1. The fourth-order valence-corrected chi connectivity index (χ4v) is 2.41. The van der Waals surface area contributed by atoms with Crippen LogP contribution in [0.25, 0.3) is 0 Å². The molecule has 0 aliphatic carbocycles. The second kappa shape index (κ2) is 7.62. The lowest BCUT2D eigenvalue weighted by Gasteiger charge is -2.32. The highest BCUT2D eigenvalue weighted by Crippen LogP contribution is 2.09. The first-order valence-electron chi connectivity index (χ1n) is 7.10. The second-order valence-corrected chi connectivity index (χ2v) is 5.70. The van der Waals surface area contributed by atoms with Crippen molar-refractivity contribution in [1.82, 2.24) is 15.1 Å². The molecule has 0 unspecified atom stereocenters. The standard InChI is InChI=1S/C15H22ClN3O/c1-18-9-11-19(12-10-18)8-2-7-17-15(20)13-3-5-14(16)6-4-13/h3-6H,2,7-12H2,1H3,(H,17,20). The Morgan fingerprint density at radius 2 is 1.85 bits per heavy atom. The highest BCUT2D eigenvalue weighted by molar-refractivity contribution is 6.30. The monoisotopic (exact) mass is 295 g/mol. The first-order chi connectivity index (χ1) is 9.65. The average Bonchev–Trinajstić information content (AvgIpc) is 2.46. The molecule has 1 aliphatic heterocycles. The third-order valence-electron chi connectivity index (χ3n) is 3.64. The molecule has 0 aromatic heterocycles. The Hall–Kier alpha value is -1.10. The molecule has 5 heteroatoms. The topological polar surface area (TPSA) is 35.6 Å². The number of benzene rings is 1. The van der Waals surface area contributed by atoms with Gasteiger partial charge in [0.15, 0.2) is 0 Å². The van der Waals surface area contributed by atoms with E-state index in [4.69, 9.17) is 11.6 Å². The Bertz CT molecular complexity index is 427. The highest BCUT2D eigenvalue weighted by atomic mass is 35.5. The third kappa shape index (κ3) is 4.78. The van der Waals surface area contributed by atoms with Crippen LogP contribution in [-0.2, 0) is 0 Å². The van der Waals surface area contributed by atoms with Crippen molar-refractivity contribution in [3.8, 4) is 0 Å². The highest BCUT2D eigenvalue weighted by Gasteiger charge is 2.13. The molecule has 1 aliphatic rings. The summed E-state index contributed by atoms with van der Waals surface area (Å²) in [6.45, 7) is 6.29. The van der Waals surface area contributed by atoms with Crippen molar-refractivity contribution in [3.63, 3.8) is 0 Å². The van der Waals surface area contributed by atoms with Gasteiger partial charge in [0.25, 0.3) is 5.91 Å². The molecule has 1 fully saturated rings. The fourth-order valence-electron chi connectivity index (χ4n) is 2.28. The normalized spacial score (nSPS) is 17.1. The summed E-state index contributed by atoms with van der Waals surface area (Å²) in [4.78, 5) is 16.7. The van der Waals surface area contributed by atoms with Gasteiger partial charge >= 0.3 is 0 Å². The molecule has 4 nitrogen and oxygen atoms in total. The molecule has 1 amide bonds. The predicted octanol–water partition coefficient (Wildman–Crippen LogP) is 1.71. The number of nitrogens with one attached hydrogen (secondary N) is 1. The van der Waals surface area contributed by atoms with Crippen LogP contribution in [0.5, 0.6) is 0 Å². The number of piperazine rings is 1. The molecule has 110 valence electrons. The molecule has 0 saturated carbocycles. The fraction of sp³-hybridized carbons (Fsp3) is 0.533. The quantitative estimate of drug-likeness (QED) is 0.840. The zero-order chi connectivity index (χ0) is 14.4. The maximum atomic E-state index is 11.9. The molecule has 1 aromatic carbocycles. The first kappa shape index (κ1) is 15.3. The van der Waals surface area contributed by atoms with Gasteiger partial charge in [0, 0.05) is 43.3 Å². The smallest absolute Gasteiger partial charge is 0.251 e. The van der Waals surface area contributed by atoms with Gasteiger partial charge in [-0.1, -0.05) is 11.6 Å². The van der Waals surface area contributed by atoms with Gasteiger partial charge in [-0.25, -0.2) is 0 Å². The molecular weight excluding hydrogens is 274 g/mol. The number of amides is 1. The minimum absolute atomic E-state index is 0.0277. The lowest BCUT2D eigenvalue weighted by molar-refractivity contribution is 0.0949. The average molecular weight is 296 g/mol. The van der Waals surface area contributed by atoms with Crippen LogP contribution in [0, 0.1) is 0 Å². The van der Waals surface area contributed by atoms with Gasteiger partial charge < -0.3 is 15.1 Å². The Kier molecular flexibility index (Phi) is 5.83. The van der Waals surface area contributed by atoms with Crippen LogP contribution in [0.3, 0.4) is 0 Å². The minimum Gasteiger partial charge on any atom is -0.352 e. The van der Waals surface area contributed by atoms with E-state index in [1.54, 1.807) is 24.3 Å². The van der Waals surface area contributed by atoms with Crippen LogP contribution in [-0.4, -0.2) is 62.0 Å². The lowest BCUT2D eigenvalue weighted by Crippen LogP contribution is -2.45. The molecule has 1 aromatic rings. The number of hydrogen-bond acceptors (Lipinski definition) is 3. The largest absolute Gasteiger partial charge is 0.352 e. The molecule has 0 spiro atoms. The van der Waals surface area contributed by atoms with Gasteiger partial charge in [-0.3, -0.25) is 4.79 Å². The van der Waals surface area contributed by atoms with Crippen LogP contribution < -0.4 is 5.32 Å². The summed E-state index contributed by atoms with van der Waals surface area (Å²) in [7, 11) is 2.16. The van der Waals surface area contributed by atoms with Gasteiger partial charge in [-0.05, 0) is 44.3 Å². The number of nitrogens with zero attached hydrogens (tertiary/aromatic N) is 2. The zero-order valence-electron chi connectivity index (χ0n) is 11.9. The summed E-state index contributed by atoms with van der Waals surface area (Å²) < 4.78 is 0. The molecular formula is C15H22ClN3O. The summed E-state index contributed by atoms with van der Waals surface area (Å²) >= 11 is 5.80. The molecule has 2 rings (SSSR count). The molecule has 0 radical (unpaired) electrons. The van der Waals surface area contributed by atoms with Crippen LogP contribution >= 0.6 is 11.6 Å². The number of carbonyl (C=O) groups is 1. The van der Waals surface area contributed by atoms with Gasteiger partial charge in [0.05, 0.1) is 0 Å². The van der Waals surface area contributed by atoms with Crippen LogP contribution in [0.2, 0.25) is 5.02 Å². The molecule has 0 atom stereocenters. The Balaban J connectivity index is 1.63. The van der Waals surface area contributed by atoms with Crippen molar-refractivity contribution < 1.29 is 4.79 Å². The summed E-state index contributed by atoms with van der Waals surface area (Å²) in [6.07, 6.45) is 0.989. The summed E-state index contributed by atoms with van der Waals surface area (Å²) in [5.41, 5.74) is 0.661. The van der Waals surface area contributed by atoms with E-state index in [9.17, 15) is 4.79 Å². The van der Waals surface area contributed by atoms with Crippen molar-refractivity contribution in [3.05, 3.63) is 34.9 Å². The van der Waals surface area contributed by atoms with E-state index in [0.717, 1.165) is 39.1 Å². The number of halogens is 1. The second-order valence-electron chi connectivity index (χ2n) is 5.26. The Labute approximate surface area is 125 Å². The van der Waals surface area contributed by atoms with Crippen molar-refractivity contribution in [2.24, 2.45) is 0 Å². The third-order valence-corrected chi connectivity index (χ3v) is 3.89. The van der Waals surface area contributed by atoms with Gasteiger partial charge in [0.2, 0.25) is 0 Å². The van der Waals surface area contributed by atoms with Crippen molar-refractivity contribution in [1.29, 1.82) is 0 Å². The summed E-state index contributed by atoms with van der Waals surface area (Å²) in [5, 5.41) is 3.60. The number of rotatable bonds is 5. The SMILES string of the molecule is CN1CCN(CCCNC(=O)c2ccc(Cl)cc2)CC1. The van der Waals surface area contributed by atoms with Crippen LogP contribution in [0.15, 0.2) is 24.3 Å². The molecule has 20 heavy (non-hydrogen) atoms. The number of carbonyl (C=O) groups excluding carboxylic acids is 1.